The van der Waals surface area contributed by atoms with E-state index < -0.39 is 6.09 Å². The van der Waals surface area contributed by atoms with Crippen LogP contribution >= 0.6 is 0 Å². The highest BCUT2D eigenvalue weighted by molar-refractivity contribution is 6.12. The highest BCUT2D eigenvalue weighted by atomic mass is 16.5. The molecule has 0 spiro atoms. The summed E-state index contributed by atoms with van der Waals surface area (Å²) in [5.74, 6) is -0.754. The molecule has 16 heavy (non-hydrogen) atoms. The molecule has 0 radical (unpaired) electrons. The molecule has 88 valence electrons. The maximum Gasteiger partial charge on any atom is 0.407 e. The van der Waals surface area contributed by atoms with E-state index in [4.69, 9.17) is 4.74 Å². The summed E-state index contributed by atoms with van der Waals surface area (Å²) in [5, 5.41) is 2.53. The van der Waals surface area contributed by atoms with Gasteiger partial charge in [-0.1, -0.05) is 0 Å². The second kappa shape index (κ2) is 5.29. The smallest absolute Gasteiger partial charge is 0.407 e. The maximum absolute atomic E-state index is 11.1. The first-order valence-electron chi connectivity index (χ1n) is 4.97. The third kappa shape index (κ3) is 3.38. The minimum Gasteiger partial charge on any atom is -0.448 e. The number of alkyl carbamates (subject to hydrolysis) is 1. The van der Waals surface area contributed by atoms with Crippen LogP contribution in [0.1, 0.15) is 13.8 Å². The van der Waals surface area contributed by atoms with E-state index in [2.05, 4.69) is 5.32 Å². The fourth-order valence-electron chi connectivity index (χ4n) is 1.16. The van der Waals surface area contributed by atoms with Gasteiger partial charge in [-0.2, -0.15) is 0 Å². The SMILES string of the molecule is CC(C)NC(=O)OCCN1C(=O)C=CC1=O. The van der Waals surface area contributed by atoms with Gasteiger partial charge in [0.05, 0.1) is 6.54 Å². The standard InChI is InChI=1S/C10H14N2O4/c1-7(2)11-10(15)16-6-5-12-8(13)3-4-9(12)14/h3-4,7H,5-6H2,1-2H3,(H,11,15). The molecule has 0 aliphatic carbocycles. The number of nitrogens with one attached hydrogen (secondary N) is 1. The summed E-state index contributed by atoms with van der Waals surface area (Å²) in [6, 6.07) is -0.00998. The Balaban J connectivity index is 2.23. The number of carbonyl (C=O) groups is 3. The van der Waals surface area contributed by atoms with E-state index in [1.54, 1.807) is 13.8 Å². The summed E-state index contributed by atoms with van der Waals surface area (Å²) < 4.78 is 4.79. The van der Waals surface area contributed by atoms with Crippen molar-refractivity contribution in [1.82, 2.24) is 10.2 Å². The summed E-state index contributed by atoms with van der Waals surface area (Å²) in [5.41, 5.74) is 0. The zero-order valence-corrected chi connectivity index (χ0v) is 9.23. The van der Waals surface area contributed by atoms with Gasteiger partial charge in [-0.15, -0.1) is 0 Å². The lowest BCUT2D eigenvalue weighted by molar-refractivity contribution is -0.137. The summed E-state index contributed by atoms with van der Waals surface area (Å²) in [6.07, 6.45) is 1.83. The van der Waals surface area contributed by atoms with Crippen LogP contribution in [0.2, 0.25) is 0 Å². The highest BCUT2D eigenvalue weighted by Gasteiger charge is 2.22. The van der Waals surface area contributed by atoms with E-state index in [9.17, 15) is 14.4 Å². The van der Waals surface area contributed by atoms with Crippen molar-refractivity contribution in [1.29, 1.82) is 0 Å². The Morgan fingerprint density at radius 1 is 1.38 bits per heavy atom. The summed E-state index contributed by atoms with van der Waals surface area (Å²) in [7, 11) is 0. The zero-order chi connectivity index (χ0) is 12.1. The zero-order valence-electron chi connectivity index (χ0n) is 9.23. The molecule has 0 unspecified atom stereocenters. The van der Waals surface area contributed by atoms with Crippen LogP contribution in [0.3, 0.4) is 0 Å². The minimum absolute atomic E-state index is 0.00227. The van der Waals surface area contributed by atoms with Gasteiger partial charge in [0.1, 0.15) is 6.61 Å². The number of hydrogen-bond acceptors (Lipinski definition) is 4. The lowest BCUT2D eigenvalue weighted by Gasteiger charge is -2.14. The van der Waals surface area contributed by atoms with Crippen LogP contribution in [0, 0.1) is 0 Å². The molecule has 0 bridgehead atoms. The third-order valence-electron chi connectivity index (χ3n) is 1.86. The second-order valence-electron chi connectivity index (χ2n) is 3.60. The quantitative estimate of drug-likeness (QED) is 0.687. The van der Waals surface area contributed by atoms with Crippen molar-refractivity contribution >= 4 is 17.9 Å². The van der Waals surface area contributed by atoms with Crippen LogP contribution in [-0.2, 0) is 14.3 Å². The van der Waals surface area contributed by atoms with E-state index in [0.29, 0.717) is 0 Å². The Morgan fingerprint density at radius 2 is 1.94 bits per heavy atom. The number of rotatable bonds is 4. The van der Waals surface area contributed by atoms with E-state index in [0.717, 1.165) is 4.90 Å². The molecule has 0 aromatic carbocycles. The molecule has 0 saturated heterocycles. The Bertz CT molecular complexity index is 318. The van der Waals surface area contributed by atoms with Gasteiger partial charge >= 0.3 is 6.09 Å². The molecule has 0 aromatic rings. The van der Waals surface area contributed by atoms with Crippen LogP contribution in [0.15, 0.2) is 12.2 Å². The lowest BCUT2D eigenvalue weighted by Crippen LogP contribution is -2.36. The average molecular weight is 226 g/mol. The molecular formula is C10H14N2O4. The van der Waals surface area contributed by atoms with E-state index >= 15 is 0 Å². The normalized spacial score (nSPS) is 14.8. The van der Waals surface area contributed by atoms with Crippen molar-refractivity contribution in [3.63, 3.8) is 0 Å². The minimum atomic E-state index is -0.554. The first kappa shape index (κ1) is 12.2. The van der Waals surface area contributed by atoms with Crippen molar-refractivity contribution in [3.05, 3.63) is 12.2 Å². The number of hydrogen-bond donors (Lipinski definition) is 1. The maximum atomic E-state index is 11.1. The van der Waals surface area contributed by atoms with Crippen LogP contribution in [-0.4, -0.2) is 42.0 Å². The van der Waals surface area contributed by atoms with Crippen LogP contribution in [0.4, 0.5) is 4.79 Å². The molecule has 0 fully saturated rings. The number of carbonyl (C=O) groups excluding carboxylic acids is 3. The first-order chi connectivity index (χ1) is 7.50. The molecule has 0 aromatic heterocycles. The summed E-state index contributed by atoms with van der Waals surface area (Å²) >= 11 is 0. The Kier molecular flexibility index (Phi) is 4.04. The van der Waals surface area contributed by atoms with Crippen molar-refractivity contribution in [2.75, 3.05) is 13.2 Å². The topological polar surface area (TPSA) is 75.7 Å². The van der Waals surface area contributed by atoms with Crippen molar-refractivity contribution < 1.29 is 19.1 Å². The van der Waals surface area contributed by atoms with E-state index in [-0.39, 0.29) is 31.0 Å². The van der Waals surface area contributed by atoms with Crippen LogP contribution in [0.5, 0.6) is 0 Å². The highest BCUT2D eigenvalue weighted by Crippen LogP contribution is 2.02. The van der Waals surface area contributed by atoms with Crippen LogP contribution in [0.25, 0.3) is 0 Å². The average Bonchev–Trinajstić information content (AvgIpc) is 2.47. The van der Waals surface area contributed by atoms with Gasteiger partial charge in [-0.3, -0.25) is 14.5 Å². The Morgan fingerprint density at radius 3 is 2.44 bits per heavy atom. The molecule has 1 N–H and O–H groups in total. The number of nitrogens with zero attached hydrogens (tertiary/aromatic N) is 1. The van der Waals surface area contributed by atoms with Gasteiger partial charge in [0.25, 0.3) is 11.8 Å². The fourth-order valence-corrected chi connectivity index (χ4v) is 1.16. The Hall–Kier alpha value is -1.85. The van der Waals surface area contributed by atoms with Crippen molar-refractivity contribution in [2.45, 2.75) is 19.9 Å². The number of ether oxygens (including phenoxy) is 1. The molecule has 0 atom stereocenters. The molecule has 6 heteroatoms. The van der Waals surface area contributed by atoms with Gasteiger partial charge in [-0.05, 0) is 13.8 Å². The third-order valence-corrected chi connectivity index (χ3v) is 1.86. The van der Waals surface area contributed by atoms with Gasteiger partial charge in [0.15, 0.2) is 0 Å². The number of amides is 3. The van der Waals surface area contributed by atoms with E-state index in [1.807, 2.05) is 0 Å². The molecule has 1 aliphatic rings. The Labute approximate surface area is 93.2 Å². The van der Waals surface area contributed by atoms with Gasteiger partial charge in [0, 0.05) is 18.2 Å². The van der Waals surface area contributed by atoms with Crippen molar-refractivity contribution in [2.24, 2.45) is 0 Å². The molecule has 1 rings (SSSR count). The van der Waals surface area contributed by atoms with E-state index in [1.165, 1.54) is 12.2 Å². The molecule has 6 nitrogen and oxygen atoms in total. The molecular weight excluding hydrogens is 212 g/mol. The van der Waals surface area contributed by atoms with Crippen molar-refractivity contribution in [3.8, 4) is 0 Å². The van der Waals surface area contributed by atoms with Gasteiger partial charge in [-0.25, -0.2) is 4.79 Å². The van der Waals surface area contributed by atoms with Gasteiger partial charge in [0.2, 0.25) is 0 Å². The molecule has 1 heterocycles. The second-order valence-corrected chi connectivity index (χ2v) is 3.60. The largest absolute Gasteiger partial charge is 0.448 e. The molecule has 0 saturated carbocycles. The predicted octanol–water partition coefficient (Wildman–Crippen LogP) is 0.0460. The predicted molar refractivity (Wildman–Crippen MR) is 55.5 cm³/mol. The fraction of sp³-hybridized carbons (Fsp3) is 0.500. The number of imide groups is 1. The van der Waals surface area contributed by atoms with Crippen LogP contribution < -0.4 is 5.32 Å². The lowest BCUT2D eigenvalue weighted by atomic mass is 10.4. The summed E-state index contributed by atoms with van der Waals surface area (Å²) in [6.45, 7) is 3.69. The summed E-state index contributed by atoms with van der Waals surface area (Å²) in [4.78, 5) is 34.3. The molecule has 1 aliphatic heterocycles. The first-order valence-corrected chi connectivity index (χ1v) is 4.97. The van der Waals surface area contributed by atoms with Gasteiger partial charge < -0.3 is 10.1 Å². The monoisotopic (exact) mass is 226 g/mol. The molecule has 3 amide bonds.